The Balaban J connectivity index is 1.51. The van der Waals surface area contributed by atoms with Gasteiger partial charge >= 0.3 is 0 Å². The minimum atomic E-state index is 0.281. The standard InChI is InChI=1S/C21H30O2/c1-19-9-6-15(22-3)12-14(19)4-5-16-17(19)7-10-20(2)18(16)8-11-21(20)13-23-21/h4,12,16-18H,5-11,13H2,1-3H3. The van der Waals surface area contributed by atoms with Gasteiger partial charge in [0.25, 0.3) is 0 Å². The highest BCUT2D eigenvalue weighted by atomic mass is 16.6. The van der Waals surface area contributed by atoms with Crippen molar-refractivity contribution in [1.82, 2.24) is 0 Å². The highest BCUT2D eigenvalue weighted by Gasteiger charge is 2.69. The summed E-state index contributed by atoms with van der Waals surface area (Å²) in [6.07, 6.45) is 14.1. The van der Waals surface area contributed by atoms with Crippen molar-refractivity contribution in [2.75, 3.05) is 13.7 Å². The predicted molar refractivity (Wildman–Crippen MR) is 90.9 cm³/mol. The number of rotatable bonds is 1. The Kier molecular flexibility index (Phi) is 2.82. The van der Waals surface area contributed by atoms with Crippen LogP contribution in [0.2, 0.25) is 0 Å². The Bertz CT molecular complexity index is 599. The molecule has 126 valence electrons. The minimum Gasteiger partial charge on any atom is -0.501 e. The molecule has 2 saturated carbocycles. The Labute approximate surface area is 140 Å². The second kappa shape index (κ2) is 4.45. The van der Waals surface area contributed by atoms with Crippen LogP contribution < -0.4 is 0 Å². The summed E-state index contributed by atoms with van der Waals surface area (Å²) in [5, 5.41) is 0. The van der Waals surface area contributed by atoms with Crippen molar-refractivity contribution >= 4 is 0 Å². The number of hydrogen-bond acceptors (Lipinski definition) is 2. The SMILES string of the molecule is COC1=CC2=CCC3C(CCC4(C)C3CCC43CO3)C2(C)CC1. The quantitative estimate of drug-likeness (QED) is 0.645. The molecule has 2 nitrogen and oxygen atoms in total. The number of epoxide rings is 1. The monoisotopic (exact) mass is 314 g/mol. The van der Waals surface area contributed by atoms with Crippen molar-refractivity contribution in [3.05, 3.63) is 23.5 Å². The molecule has 1 heterocycles. The maximum atomic E-state index is 6.03. The number of methoxy groups -OCH3 is 1. The lowest BCUT2D eigenvalue weighted by molar-refractivity contribution is -0.0446. The van der Waals surface area contributed by atoms with Gasteiger partial charge in [0.2, 0.25) is 0 Å². The van der Waals surface area contributed by atoms with E-state index in [1.54, 1.807) is 5.57 Å². The first-order valence-electron chi connectivity index (χ1n) is 9.62. The first-order valence-corrected chi connectivity index (χ1v) is 9.62. The number of fused-ring (bicyclic) bond motifs is 6. The Hall–Kier alpha value is -0.760. The van der Waals surface area contributed by atoms with E-state index in [1.807, 2.05) is 7.11 Å². The van der Waals surface area contributed by atoms with Gasteiger partial charge in [0.05, 0.1) is 25.1 Å². The van der Waals surface area contributed by atoms with Crippen LogP contribution in [0.3, 0.4) is 0 Å². The molecule has 0 bridgehead atoms. The van der Waals surface area contributed by atoms with Crippen molar-refractivity contribution in [2.24, 2.45) is 28.6 Å². The zero-order chi connectivity index (χ0) is 15.9. The summed E-state index contributed by atoms with van der Waals surface area (Å²) in [5.74, 6) is 3.80. The van der Waals surface area contributed by atoms with Crippen LogP contribution in [0.5, 0.6) is 0 Å². The van der Waals surface area contributed by atoms with Crippen LogP contribution in [0.15, 0.2) is 23.5 Å². The molecule has 6 atom stereocenters. The van der Waals surface area contributed by atoms with Crippen LogP contribution in [0.1, 0.15) is 58.8 Å². The van der Waals surface area contributed by atoms with Gasteiger partial charge in [-0.3, -0.25) is 0 Å². The van der Waals surface area contributed by atoms with Gasteiger partial charge in [-0.25, -0.2) is 0 Å². The van der Waals surface area contributed by atoms with Crippen molar-refractivity contribution in [3.63, 3.8) is 0 Å². The maximum Gasteiger partial charge on any atom is 0.0972 e. The summed E-state index contributed by atoms with van der Waals surface area (Å²) in [4.78, 5) is 0. The lowest BCUT2D eigenvalue weighted by Crippen LogP contribution is -2.50. The van der Waals surface area contributed by atoms with E-state index < -0.39 is 0 Å². The van der Waals surface area contributed by atoms with Gasteiger partial charge < -0.3 is 9.47 Å². The molecule has 1 aliphatic heterocycles. The molecule has 4 aliphatic carbocycles. The van der Waals surface area contributed by atoms with Gasteiger partial charge in [-0.15, -0.1) is 0 Å². The van der Waals surface area contributed by atoms with Crippen LogP contribution in [-0.2, 0) is 9.47 Å². The maximum absolute atomic E-state index is 6.03. The van der Waals surface area contributed by atoms with Crippen molar-refractivity contribution < 1.29 is 9.47 Å². The lowest BCUT2D eigenvalue weighted by atomic mass is 9.48. The Morgan fingerprint density at radius 3 is 2.65 bits per heavy atom. The van der Waals surface area contributed by atoms with Crippen LogP contribution >= 0.6 is 0 Å². The van der Waals surface area contributed by atoms with Gasteiger partial charge in [0.15, 0.2) is 0 Å². The molecular weight excluding hydrogens is 284 g/mol. The molecule has 0 amide bonds. The van der Waals surface area contributed by atoms with Crippen molar-refractivity contribution in [1.29, 1.82) is 0 Å². The van der Waals surface area contributed by atoms with E-state index in [0.717, 1.165) is 30.8 Å². The summed E-state index contributed by atoms with van der Waals surface area (Å²) in [6.45, 7) is 6.13. The van der Waals surface area contributed by atoms with E-state index in [-0.39, 0.29) is 5.60 Å². The second-order valence-electron chi connectivity index (χ2n) is 9.28. The summed E-state index contributed by atoms with van der Waals surface area (Å²) >= 11 is 0. The van der Waals surface area contributed by atoms with E-state index >= 15 is 0 Å². The summed E-state index contributed by atoms with van der Waals surface area (Å²) < 4.78 is 11.6. The molecule has 0 radical (unpaired) electrons. The molecule has 0 aromatic carbocycles. The first-order chi connectivity index (χ1) is 11.0. The van der Waals surface area contributed by atoms with Gasteiger partial charge in [-0.05, 0) is 73.3 Å². The van der Waals surface area contributed by atoms with Gasteiger partial charge in [0.1, 0.15) is 0 Å². The molecule has 3 fully saturated rings. The molecule has 5 rings (SSSR count). The third-order valence-electron chi connectivity index (χ3n) is 8.78. The fourth-order valence-electron chi connectivity index (χ4n) is 7.11. The molecule has 23 heavy (non-hydrogen) atoms. The van der Waals surface area contributed by atoms with Crippen LogP contribution in [0.25, 0.3) is 0 Å². The average molecular weight is 314 g/mol. The Morgan fingerprint density at radius 1 is 1.13 bits per heavy atom. The van der Waals surface area contributed by atoms with Crippen LogP contribution in [0, 0.1) is 28.6 Å². The molecule has 0 aromatic heterocycles. The molecule has 1 spiro atoms. The molecule has 0 N–H and O–H groups in total. The number of ether oxygens (including phenoxy) is 2. The average Bonchev–Trinajstić information content (AvgIpc) is 3.28. The van der Waals surface area contributed by atoms with E-state index in [1.165, 1.54) is 44.3 Å². The van der Waals surface area contributed by atoms with Gasteiger partial charge in [0, 0.05) is 11.8 Å². The second-order valence-corrected chi connectivity index (χ2v) is 9.28. The fourth-order valence-corrected chi connectivity index (χ4v) is 7.11. The summed E-state index contributed by atoms with van der Waals surface area (Å²) in [5.41, 5.74) is 2.69. The third kappa shape index (κ3) is 1.69. The molecule has 1 saturated heterocycles. The van der Waals surface area contributed by atoms with Gasteiger partial charge in [-0.2, -0.15) is 0 Å². The zero-order valence-electron chi connectivity index (χ0n) is 14.9. The molecule has 2 heteroatoms. The van der Waals surface area contributed by atoms with Crippen molar-refractivity contribution in [3.8, 4) is 0 Å². The largest absolute Gasteiger partial charge is 0.501 e. The van der Waals surface area contributed by atoms with Crippen LogP contribution in [0.4, 0.5) is 0 Å². The molecule has 5 aliphatic rings. The smallest absolute Gasteiger partial charge is 0.0972 e. The summed E-state index contributed by atoms with van der Waals surface area (Å²) in [7, 11) is 1.82. The Morgan fingerprint density at radius 2 is 1.91 bits per heavy atom. The highest BCUT2D eigenvalue weighted by molar-refractivity contribution is 5.36. The van der Waals surface area contributed by atoms with Gasteiger partial charge in [-0.1, -0.05) is 19.9 Å². The molecule has 6 unspecified atom stereocenters. The fraction of sp³-hybridized carbons (Fsp3) is 0.810. The van der Waals surface area contributed by atoms with E-state index in [2.05, 4.69) is 26.0 Å². The van der Waals surface area contributed by atoms with E-state index in [0.29, 0.717) is 10.8 Å². The lowest BCUT2D eigenvalue weighted by Gasteiger charge is -2.56. The number of hydrogen-bond donors (Lipinski definition) is 0. The van der Waals surface area contributed by atoms with Crippen LogP contribution in [-0.4, -0.2) is 19.3 Å². The summed E-state index contributed by atoms with van der Waals surface area (Å²) in [6, 6.07) is 0. The number of allylic oxidation sites excluding steroid dienone is 4. The minimum absolute atomic E-state index is 0.281. The molecule has 0 aromatic rings. The zero-order valence-corrected chi connectivity index (χ0v) is 14.9. The molecular formula is C21H30O2. The third-order valence-corrected chi connectivity index (χ3v) is 8.78. The predicted octanol–water partition coefficient (Wildman–Crippen LogP) is 4.86. The highest BCUT2D eigenvalue weighted by Crippen LogP contribution is 2.70. The normalized spacial score (nSPS) is 53.8. The topological polar surface area (TPSA) is 21.8 Å². The van der Waals surface area contributed by atoms with E-state index in [9.17, 15) is 0 Å². The first kappa shape index (κ1) is 14.6. The van der Waals surface area contributed by atoms with E-state index in [4.69, 9.17) is 9.47 Å². The van der Waals surface area contributed by atoms with Crippen molar-refractivity contribution in [2.45, 2.75) is 64.4 Å².